The molecule has 0 saturated heterocycles. The minimum atomic E-state index is -5.03. The first kappa shape index (κ1) is 23.7. The van der Waals surface area contributed by atoms with Gasteiger partial charge in [0, 0.05) is 11.8 Å². The minimum Gasteiger partial charge on any atom is -0.461 e. The lowest BCUT2D eigenvalue weighted by molar-refractivity contribution is -0.137. The van der Waals surface area contributed by atoms with E-state index in [1.807, 2.05) is 0 Å². The second-order valence-corrected chi connectivity index (χ2v) is 7.35. The molecule has 0 heterocycles. The second kappa shape index (κ2) is 10.3. The number of hydrogen-bond acceptors (Lipinski definition) is 7. The number of nitrogens with one attached hydrogen (secondary N) is 1. The van der Waals surface area contributed by atoms with E-state index in [0.717, 1.165) is 6.08 Å². The topological polar surface area (TPSA) is 125 Å². The Hall–Kier alpha value is -2.32. The average Bonchev–Trinajstić information content (AvgIpc) is 2.61. The van der Waals surface area contributed by atoms with Crippen molar-refractivity contribution in [3.05, 3.63) is 35.9 Å². The fourth-order valence-corrected chi connectivity index (χ4v) is 3.14. The second-order valence-electron chi connectivity index (χ2n) is 4.74. The van der Waals surface area contributed by atoms with Crippen molar-refractivity contribution < 1.29 is 45.0 Å². The van der Waals surface area contributed by atoms with Crippen molar-refractivity contribution >= 4 is 33.8 Å². The molecule has 1 rings (SSSR count). The van der Waals surface area contributed by atoms with Crippen LogP contribution in [0.2, 0.25) is 0 Å². The Morgan fingerprint density at radius 3 is 2.14 bits per heavy atom. The number of carbonyl (C=O) groups excluding carboxylic acids is 2. The molecule has 1 aromatic rings. The highest BCUT2D eigenvalue weighted by atomic mass is 32.2. The van der Waals surface area contributed by atoms with Crippen LogP contribution in [-0.4, -0.2) is 46.0 Å². The number of benzene rings is 1. The van der Waals surface area contributed by atoms with Gasteiger partial charge in [0.1, 0.15) is 13.2 Å². The number of ether oxygens (including phenoxy) is 2. The largest absolute Gasteiger partial charge is 0.461 e. The van der Waals surface area contributed by atoms with E-state index in [1.54, 1.807) is 0 Å². The first-order valence-corrected chi connectivity index (χ1v) is 9.75. The van der Waals surface area contributed by atoms with Crippen LogP contribution in [0.15, 0.2) is 22.4 Å². The molecule has 0 saturated carbocycles. The lowest BCUT2D eigenvalue weighted by Crippen LogP contribution is -2.29. The predicted octanol–water partition coefficient (Wildman–Crippen LogP) is 1.44. The van der Waals surface area contributed by atoms with E-state index in [0.29, 0.717) is 0 Å². The third-order valence-electron chi connectivity index (χ3n) is 2.81. The van der Waals surface area contributed by atoms with Crippen LogP contribution in [0.4, 0.5) is 22.4 Å². The van der Waals surface area contributed by atoms with Crippen molar-refractivity contribution in [2.75, 3.05) is 25.5 Å². The highest BCUT2D eigenvalue weighted by molar-refractivity contribution is 7.99. The summed E-state index contributed by atoms with van der Waals surface area (Å²) in [7, 11) is -5.03. The molecular weight excluding hydrogens is 432 g/mol. The van der Waals surface area contributed by atoms with Crippen LogP contribution >= 0.6 is 11.8 Å². The van der Waals surface area contributed by atoms with Crippen LogP contribution in [0.1, 0.15) is 0 Å². The van der Waals surface area contributed by atoms with Crippen LogP contribution < -0.4 is 10.5 Å². The van der Waals surface area contributed by atoms with Gasteiger partial charge in [0.2, 0.25) is 10.0 Å². The summed E-state index contributed by atoms with van der Waals surface area (Å²) in [5.74, 6) is -9.21. The van der Waals surface area contributed by atoms with Crippen molar-refractivity contribution in [1.29, 1.82) is 0 Å². The molecule has 0 aliphatic heterocycles. The summed E-state index contributed by atoms with van der Waals surface area (Å²) in [5.41, 5.74) is 0. The number of hydrogen-bond donors (Lipinski definition) is 2. The minimum absolute atomic E-state index is 0.0831. The van der Waals surface area contributed by atoms with Crippen LogP contribution in [0.3, 0.4) is 0 Å². The molecule has 0 fully saturated rings. The third-order valence-corrected chi connectivity index (χ3v) is 4.76. The van der Waals surface area contributed by atoms with E-state index < -0.39 is 61.8 Å². The van der Waals surface area contributed by atoms with Gasteiger partial charge in [-0.3, -0.25) is 0 Å². The molecule has 1 aromatic carbocycles. The Balaban J connectivity index is 2.59. The number of alkyl carbamates (subject to hydrolysis) is 1. The summed E-state index contributed by atoms with van der Waals surface area (Å²) < 4.78 is 86.4. The van der Waals surface area contributed by atoms with Gasteiger partial charge in [-0.25, -0.2) is 40.7 Å². The standard InChI is InChI=1S/C14H14F4N2O6S2/c1-2-7(21)25-4-3-20-14(22)26-5-6-27-12-8(15)10(17)13(28(19,23)24)11(18)9(12)16/h2H,1,3-6H2,(H,20,22)(H2,19,23,24). The molecule has 8 nitrogen and oxygen atoms in total. The molecule has 0 aliphatic rings. The van der Waals surface area contributed by atoms with Crippen LogP contribution in [-0.2, 0) is 24.3 Å². The molecule has 28 heavy (non-hydrogen) atoms. The molecule has 0 bridgehead atoms. The summed E-state index contributed by atoms with van der Waals surface area (Å²) in [6.07, 6.45) is -0.0206. The number of halogens is 4. The summed E-state index contributed by atoms with van der Waals surface area (Å²) in [5, 5.41) is 6.73. The summed E-state index contributed by atoms with van der Waals surface area (Å²) in [6, 6.07) is 0. The molecule has 0 atom stereocenters. The molecule has 1 amide bonds. The van der Waals surface area contributed by atoms with Gasteiger partial charge in [0.05, 0.1) is 11.4 Å². The number of sulfonamides is 1. The Bertz CT molecular complexity index is 850. The fourth-order valence-electron chi connectivity index (χ4n) is 1.66. The normalized spacial score (nSPS) is 11.0. The van der Waals surface area contributed by atoms with Gasteiger partial charge in [-0.15, -0.1) is 11.8 Å². The Kier molecular flexibility index (Phi) is 8.71. The zero-order valence-electron chi connectivity index (χ0n) is 14.0. The van der Waals surface area contributed by atoms with Crippen molar-refractivity contribution in [2.24, 2.45) is 5.14 Å². The lowest BCUT2D eigenvalue weighted by atomic mass is 10.3. The van der Waals surface area contributed by atoms with Gasteiger partial charge in [-0.05, 0) is 0 Å². The lowest BCUT2D eigenvalue weighted by Gasteiger charge is -2.11. The van der Waals surface area contributed by atoms with E-state index in [9.17, 15) is 35.6 Å². The van der Waals surface area contributed by atoms with Crippen molar-refractivity contribution in [1.82, 2.24) is 5.32 Å². The maximum absolute atomic E-state index is 13.8. The van der Waals surface area contributed by atoms with E-state index in [-0.39, 0.29) is 30.7 Å². The summed E-state index contributed by atoms with van der Waals surface area (Å²) in [6.45, 7) is 2.51. The smallest absolute Gasteiger partial charge is 0.407 e. The highest BCUT2D eigenvalue weighted by Crippen LogP contribution is 2.33. The molecule has 0 aliphatic carbocycles. The van der Waals surface area contributed by atoms with Crippen molar-refractivity contribution in [2.45, 2.75) is 9.79 Å². The molecule has 3 N–H and O–H groups in total. The molecule has 0 spiro atoms. The van der Waals surface area contributed by atoms with Gasteiger partial charge < -0.3 is 14.8 Å². The number of esters is 1. The average molecular weight is 446 g/mol. The maximum atomic E-state index is 13.8. The summed E-state index contributed by atoms with van der Waals surface area (Å²) >= 11 is 0.247. The zero-order valence-corrected chi connectivity index (χ0v) is 15.6. The maximum Gasteiger partial charge on any atom is 0.407 e. The van der Waals surface area contributed by atoms with E-state index in [2.05, 4.69) is 26.5 Å². The first-order chi connectivity index (χ1) is 13.0. The predicted molar refractivity (Wildman–Crippen MR) is 88.9 cm³/mol. The SMILES string of the molecule is C=CC(=O)OCCNC(=O)OCCSc1c(F)c(F)c(S(N)(=O)=O)c(F)c1F. The molecular formula is C14H14F4N2O6S2. The number of rotatable bonds is 9. The van der Waals surface area contributed by atoms with Crippen molar-refractivity contribution in [3.63, 3.8) is 0 Å². The van der Waals surface area contributed by atoms with Crippen LogP contribution in [0.5, 0.6) is 0 Å². The van der Waals surface area contributed by atoms with Gasteiger partial charge >= 0.3 is 12.1 Å². The van der Waals surface area contributed by atoms with Gasteiger partial charge in [-0.2, -0.15) is 0 Å². The fraction of sp³-hybridized carbons (Fsp3) is 0.286. The van der Waals surface area contributed by atoms with E-state index >= 15 is 0 Å². The molecule has 0 radical (unpaired) electrons. The molecule has 0 aromatic heterocycles. The van der Waals surface area contributed by atoms with Gasteiger partial charge in [0.25, 0.3) is 0 Å². The van der Waals surface area contributed by atoms with Gasteiger partial charge in [0.15, 0.2) is 28.2 Å². The monoisotopic (exact) mass is 446 g/mol. The van der Waals surface area contributed by atoms with Crippen LogP contribution in [0.25, 0.3) is 0 Å². The third kappa shape index (κ3) is 6.38. The number of thioether (sulfide) groups is 1. The van der Waals surface area contributed by atoms with E-state index in [4.69, 9.17) is 0 Å². The van der Waals surface area contributed by atoms with Gasteiger partial charge in [-0.1, -0.05) is 6.58 Å². The van der Waals surface area contributed by atoms with Crippen LogP contribution in [0, 0.1) is 23.3 Å². The first-order valence-electron chi connectivity index (χ1n) is 7.22. The molecule has 14 heteroatoms. The Morgan fingerprint density at radius 2 is 1.64 bits per heavy atom. The quantitative estimate of drug-likeness (QED) is 0.147. The molecule has 0 unspecified atom stereocenters. The van der Waals surface area contributed by atoms with E-state index in [1.165, 1.54) is 0 Å². The Morgan fingerprint density at radius 1 is 1.07 bits per heavy atom. The number of nitrogens with two attached hydrogens (primary N) is 1. The van der Waals surface area contributed by atoms with Crippen molar-refractivity contribution in [3.8, 4) is 0 Å². The highest BCUT2D eigenvalue weighted by Gasteiger charge is 2.31. The molecule has 156 valence electrons. The number of amides is 1. The zero-order chi connectivity index (χ0) is 21.5. The number of primary sulfonamides is 1. The number of carbonyl (C=O) groups is 2. The Labute approximate surface area is 161 Å². The summed E-state index contributed by atoms with van der Waals surface area (Å²) in [4.78, 5) is 19.0.